The molecule has 2 heteroatoms. The van der Waals surface area contributed by atoms with Crippen LogP contribution in [0.3, 0.4) is 0 Å². The lowest BCUT2D eigenvalue weighted by atomic mass is 9.70. The van der Waals surface area contributed by atoms with Crippen molar-refractivity contribution in [3.05, 3.63) is 114 Å². The molecule has 27 heavy (non-hydrogen) atoms. The quantitative estimate of drug-likeness (QED) is 0.842. The average molecular weight is 354 g/mol. The van der Waals surface area contributed by atoms with Crippen LogP contribution in [0.25, 0.3) is 5.57 Å². The summed E-state index contributed by atoms with van der Waals surface area (Å²) in [5, 5.41) is 3.90. The lowest BCUT2D eigenvalue weighted by Gasteiger charge is -2.45. The van der Waals surface area contributed by atoms with Crippen LogP contribution < -0.4 is 11.1 Å². The zero-order valence-corrected chi connectivity index (χ0v) is 15.6. The number of allylic oxidation sites excluding steroid dienone is 4. The van der Waals surface area contributed by atoms with Gasteiger partial charge in [-0.15, -0.1) is 0 Å². The van der Waals surface area contributed by atoms with Crippen LogP contribution in [0, 0.1) is 0 Å². The Morgan fingerprint density at radius 3 is 2.19 bits per heavy atom. The molecule has 0 spiro atoms. The molecule has 0 saturated carbocycles. The molecule has 2 aromatic rings. The summed E-state index contributed by atoms with van der Waals surface area (Å²) >= 11 is 0. The maximum Gasteiger partial charge on any atom is 0.0521 e. The second kappa shape index (κ2) is 7.51. The normalized spacial score (nSPS) is 29.6. The third-order valence-corrected chi connectivity index (χ3v) is 5.64. The van der Waals surface area contributed by atoms with E-state index in [0.29, 0.717) is 0 Å². The molecule has 0 amide bonds. The Labute approximate surface area is 161 Å². The number of benzene rings is 2. The van der Waals surface area contributed by atoms with Crippen molar-refractivity contribution in [3.8, 4) is 0 Å². The van der Waals surface area contributed by atoms with E-state index in [2.05, 4.69) is 109 Å². The highest BCUT2D eigenvalue weighted by Crippen LogP contribution is 2.43. The van der Waals surface area contributed by atoms with Crippen molar-refractivity contribution in [2.24, 2.45) is 5.73 Å². The van der Waals surface area contributed by atoms with E-state index in [-0.39, 0.29) is 23.5 Å². The maximum absolute atomic E-state index is 6.39. The molecule has 0 saturated heterocycles. The predicted octanol–water partition coefficient (Wildman–Crippen LogP) is 4.59. The minimum absolute atomic E-state index is 0.0359. The fourth-order valence-electron chi connectivity index (χ4n) is 4.20. The van der Waals surface area contributed by atoms with Gasteiger partial charge in [-0.25, -0.2) is 0 Å². The van der Waals surface area contributed by atoms with Crippen LogP contribution in [0.5, 0.6) is 0 Å². The number of nitrogens with one attached hydrogen (secondary N) is 1. The zero-order chi connectivity index (χ0) is 18.7. The Morgan fingerprint density at radius 2 is 1.48 bits per heavy atom. The highest BCUT2D eigenvalue weighted by Gasteiger charge is 2.41. The summed E-state index contributed by atoms with van der Waals surface area (Å²) in [5.41, 5.74) is 9.93. The van der Waals surface area contributed by atoms with Gasteiger partial charge in [0.15, 0.2) is 0 Å². The molecule has 0 radical (unpaired) electrons. The number of rotatable bonds is 4. The second-order valence-corrected chi connectivity index (χ2v) is 7.44. The van der Waals surface area contributed by atoms with E-state index in [0.717, 1.165) is 0 Å². The van der Waals surface area contributed by atoms with E-state index in [1.54, 1.807) is 0 Å². The highest BCUT2D eigenvalue weighted by molar-refractivity contribution is 5.77. The van der Waals surface area contributed by atoms with Crippen LogP contribution >= 0.6 is 0 Å². The topological polar surface area (TPSA) is 38.0 Å². The summed E-state index contributed by atoms with van der Waals surface area (Å²) in [6.07, 6.45) is 15.0. The molecule has 2 aliphatic carbocycles. The van der Waals surface area contributed by atoms with E-state index >= 15 is 0 Å². The van der Waals surface area contributed by atoms with Crippen molar-refractivity contribution < 1.29 is 0 Å². The first-order valence-corrected chi connectivity index (χ1v) is 9.56. The first-order valence-electron chi connectivity index (χ1n) is 9.56. The minimum Gasteiger partial charge on any atom is -0.323 e. The molecular formula is C25H26N2. The molecule has 0 aliphatic heterocycles. The first kappa shape index (κ1) is 17.7. The van der Waals surface area contributed by atoms with E-state index in [1.165, 1.54) is 16.7 Å². The Kier molecular flexibility index (Phi) is 4.93. The molecule has 136 valence electrons. The standard InChI is InChI=1S/C25H26N2/c1-25(27-24-18-9-8-17-23(24)26)21(19-11-4-2-5-12-19)15-10-16-22(25)20-13-6-3-7-14-20/h2-18,21,23-24,27H,26H2,1H3. The third-order valence-electron chi connectivity index (χ3n) is 5.64. The lowest BCUT2D eigenvalue weighted by Crippen LogP contribution is -2.57. The monoisotopic (exact) mass is 354 g/mol. The predicted molar refractivity (Wildman–Crippen MR) is 114 cm³/mol. The van der Waals surface area contributed by atoms with Gasteiger partial charge < -0.3 is 5.73 Å². The number of hydrogen-bond acceptors (Lipinski definition) is 2. The fourth-order valence-corrected chi connectivity index (χ4v) is 4.20. The molecule has 3 N–H and O–H groups in total. The molecule has 0 heterocycles. The second-order valence-electron chi connectivity index (χ2n) is 7.44. The van der Waals surface area contributed by atoms with Gasteiger partial charge in [-0.05, 0) is 23.6 Å². The van der Waals surface area contributed by atoms with Crippen LogP contribution in [0.2, 0.25) is 0 Å². The molecule has 0 aromatic heterocycles. The van der Waals surface area contributed by atoms with Gasteiger partial charge in [0, 0.05) is 18.0 Å². The molecule has 2 aliphatic rings. The Balaban J connectivity index is 1.78. The van der Waals surface area contributed by atoms with Crippen molar-refractivity contribution in [1.82, 2.24) is 5.32 Å². The van der Waals surface area contributed by atoms with Gasteiger partial charge >= 0.3 is 0 Å². The van der Waals surface area contributed by atoms with Gasteiger partial charge in [0.25, 0.3) is 0 Å². The van der Waals surface area contributed by atoms with Crippen molar-refractivity contribution in [2.45, 2.75) is 30.5 Å². The van der Waals surface area contributed by atoms with E-state index in [9.17, 15) is 0 Å². The van der Waals surface area contributed by atoms with Crippen molar-refractivity contribution >= 4 is 5.57 Å². The number of hydrogen-bond donors (Lipinski definition) is 2. The Morgan fingerprint density at radius 1 is 0.815 bits per heavy atom. The van der Waals surface area contributed by atoms with Crippen molar-refractivity contribution in [2.75, 3.05) is 0 Å². The van der Waals surface area contributed by atoms with Gasteiger partial charge in [0.2, 0.25) is 0 Å². The molecule has 0 bridgehead atoms. The van der Waals surface area contributed by atoms with Crippen LogP contribution in [0.4, 0.5) is 0 Å². The third kappa shape index (κ3) is 3.46. The van der Waals surface area contributed by atoms with Gasteiger partial charge in [0.05, 0.1) is 5.54 Å². The van der Waals surface area contributed by atoms with E-state index in [4.69, 9.17) is 5.73 Å². The smallest absolute Gasteiger partial charge is 0.0521 e. The highest BCUT2D eigenvalue weighted by atomic mass is 15.0. The molecule has 2 aromatic carbocycles. The maximum atomic E-state index is 6.39. The summed E-state index contributed by atoms with van der Waals surface area (Å²) in [7, 11) is 0. The Bertz CT molecular complexity index is 892. The summed E-state index contributed by atoms with van der Waals surface area (Å²) in [5.74, 6) is 0.213. The van der Waals surface area contributed by atoms with Crippen LogP contribution in [0.15, 0.2) is 103 Å². The van der Waals surface area contributed by atoms with Gasteiger partial charge in [-0.3, -0.25) is 5.32 Å². The molecule has 0 fully saturated rings. The van der Waals surface area contributed by atoms with Crippen LogP contribution in [-0.4, -0.2) is 17.6 Å². The van der Waals surface area contributed by atoms with E-state index < -0.39 is 0 Å². The van der Waals surface area contributed by atoms with Gasteiger partial charge in [0.1, 0.15) is 0 Å². The molecule has 4 rings (SSSR count). The summed E-state index contributed by atoms with van der Waals surface area (Å²) in [4.78, 5) is 0. The van der Waals surface area contributed by atoms with Crippen LogP contribution in [0.1, 0.15) is 24.0 Å². The largest absolute Gasteiger partial charge is 0.323 e. The van der Waals surface area contributed by atoms with Crippen molar-refractivity contribution in [1.29, 1.82) is 0 Å². The SMILES string of the molecule is CC1(NC2C=CC=CC2N)C(c2ccccc2)=CC=CC1c1ccccc1. The van der Waals surface area contributed by atoms with Crippen molar-refractivity contribution in [3.63, 3.8) is 0 Å². The van der Waals surface area contributed by atoms with E-state index in [1.807, 2.05) is 6.08 Å². The van der Waals surface area contributed by atoms with Gasteiger partial charge in [-0.1, -0.05) is 103 Å². The molecule has 2 nitrogen and oxygen atoms in total. The fraction of sp³-hybridized carbons (Fsp3) is 0.200. The van der Waals surface area contributed by atoms with Crippen LogP contribution in [-0.2, 0) is 0 Å². The Hall–Kier alpha value is -2.68. The molecular weight excluding hydrogens is 328 g/mol. The number of nitrogens with two attached hydrogens (primary N) is 1. The molecule has 4 atom stereocenters. The first-order chi connectivity index (χ1) is 13.2. The minimum atomic E-state index is -0.282. The van der Waals surface area contributed by atoms with Gasteiger partial charge in [-0.2, -0.15) is 0 Å². The zero-order valence-electron chi connectivity index (χ0n) is 15.6. The lowest BCUT2D eigenvalue weighted by molar-refractivity contribution is 0.365. The summed E-state index contributed by atoms with van der Waals surface area (Å²) in [6.45, 7) is 2.30. The average Bonchev–Trinajstić information content (AvgIpc) is 2.71. The summed E-state index contributed by atoms with van der Waals surface area (Å²) in [6, 6.07) is 21.4. The summed E-state index contributed by atoms with van der Waals surface area (Å²) < 4.78 is 0. The molecule has 4 unspecified atom stereocenters.